The summed E-state index contributed by atoms with van der Waals surface area (Å²) in [5.74, 6) is 0.736. The highest BCUT2D eigenvalue weighted by Gasteiger charge is 2.15. The third-order valence-corrected chi connectivity index (χ3v) is 3.40. The van der Waals surface area contributed by atoms with E-state index in [1.807, 2.05) is 0 Å². The van der Waals surface area contributed by atoms with Gasteiger partial charge in [0.1, 0.15) is 0 Å². The molecule has 1 aromatic rings. The van der Waals surface area contributed by atoms with Crippen molar-refractivity contribution in [3.8, 4) is 0 Å². The van der Waals surface area contributed by atoms with Crippen molar-refractivity contribution < 1.29 is 0 Å². The molecule has 2 rings (SSSR count). The van der Waals surface area contributed by atoms with Gasteiger partial charge in [-0.2, -0.15) is 0 Å². The summed E-state index contributed by atoms with van der Waals surface area (Å²) in [6.07, 6.45) is 1.18. The maximum absolute atomic E-state index is 3.52. The van der Waals surface area contributed by atoms with Crippen molar-refractivity contribution in [2.24, 2.45) is 5.92 Å². The molecule has 0 bridgehead atoms. The third kappa shape index (κ3) is 3.01. The molecule has 17 heavy (non-hydrogen) atoms. The Labute approximate surface area is 105 Å². The monoisotopic (exact) mass is 232 g/mol. The van der Waals surface area contributed by atoms with Crippen molar-refractivity contribution in [3.05, 3.63) is 29.3 Å². The second-order valence-corrected chi connectivity index (χ2v) is 5.35. The van der Waals surface area contributed by atoms with Crippen molar-refractivity contribution in [1.82, 2.24) is 4.90 Å². The highest BCUT2D eigenvalue weighted by atomic mass is 15.1. The van der Waals surface area contributed by atoms with Crippen LogP contribution >= 0.6 is 0 Å². The van der Waals surface area contributed by atoms with Gasteiger partial charge in [0.05, 0.1) is 0 Å². The molecule has 0 aliphatic carbocycles. The maximum Gasteiger partial charge on any atom is 0.0419 e. The summed E-state index contributed by atoms with van der Waals surface area (Å²) in [5, 5.41) is 3.52. The molecule has 94 valence electrons. The number of para-hydroxylation sites is 1. The van der Waals surface area contributed by atoms with Crippen LogP contribution in [-0.2, 0) is 13.0 Å². The van der Waals surface area contributed by atoms with Crippen LogP contribution in [0.3, 0.4) is 0 Å². The van der Waals surface area contributed by atoms with Crippen LogP contribution in [-0.4, -0.2) is 24.5 Å². The fraction of sp³-hybridized carbons (Fsp3) is 0.600. The van der Waals surface area contributed by atoms with E-state index in [1.165, 1.54) is 29.8 Å². The van der Waals surface area contributed by atoms with Gasteiger partial charge < -0.3 is 5.32 Å². The standard InChI is InChI=1S/C15H24N2/c1-4-17(10-12(2)3)11-14-7-5-6-13-8-9-16-15(13)14/h5-7,12,16H,4,8-11H2,1-3H3. The van der Waals surface area contributed by atoms with Gasteiger partial charge in [-0.3, -0.25) is 4.90 Å². The van der Waals surface area contributed by atoms with E-state index in [0.29, 0.717) is 0 Å². The number of fused-ring (bicyclic) bond motifs is 1. The van der Waals surface area contributed by atoms with E-state index in [0.717, 1.165) is 25.6 Å². The third-order valence-electron chi connectivity index (χ3n) is 3.40. The summed E-state index contributed by atoms with van der Waals surface area (Å²) in [4.78, 5) is 2.53. The van der Waals surface area contributed by atoms with Gasteiger partial charge in [0.25, 0.3) is 0 Å². The molecule has 1 heterocycles. The molecule has 1 N–H and O–H groups in total. The molecule has 1 aliphatic heterocycles. The minimum absolute atomic E-state index is 0.736. The van der Waals surface area contributed by atoms with Crippen LogP contribution in [0.5, 0.6) is 0 Å². The van der Waals surface area contributed by atoms with Crippen molar-refractivity contribution in [2.75, 3.05) is 25.0 Å². The van der Waals surface area contributed by atoms with Gasteiger partial charge in [0.15, 0.2) is 0 Å². The molecule has 1 aliphatic rings. The summed E-state index contributed by atoms with van der Waals surface area (Å²) < 4.78 is 0. The zero-order valence-corrected chi connectivity index (χ0v) is 11.3. The minimum Gasteiger partial charge on any atom is -0.384 e. The van der Waals surface area contributed by atoms with Crippen LogP contribution in [0.2, 0.25) is 0 Å². The lowest BCUT2D eigenvalue weighted by Gasteiger charge is -2.23. The fourth-order valence-electron chi connectivity index (χ4n) is 2.61. The molecule has 0 saturated carbocycles. The van der Waals surface area contributed by atoms with E-state index in [1.54, 1.807) is 0 Å². The average Bonchev–Trinajstić information content (AvgIpc) is 2.76. The number of anilines is 1. The molecule has 1 aromatic carbocycles. The molecule has 0 amide bonds. The van der Waals surface area contributed by atoms with Crippen molar-refractivity contribution in [1.29, 1.82) is 0 Å². The molecule has 2 nitrogen and oxygen atoms in total. The molecule has 0 radical (unpaired) electrons. The lowest BCUT2D eigenvalue weighted by Crippen LogP contribution is -2.27. The SMILES string of the molecule is CCN(Cc1cccc2c1NCC2)CC(C)C. The number of benzene rings is 1. The summed E-state index contributed by atoms with van der Waals surface area (Å²) in [6.45, 7) is 11.3. The van der Waals surface area contributed by atoms with Gasteiger partial charge in [0, 0.05) is 25.3 Å². The van der Waals surface area contributed by atoms with Crippen molar-refractivity contribution >= 4 is 5.69 Å². The first-order chi connectivity index (χ1) is 8.20. The van der Waals surface area contributed by atoms with Crippen molar-refractivity contribution in [2.45, 2.75) is 33.7 Å². The molecular weight excluding hydrogens is 208 g/mol. The van der Waals surface area contributed by atoms with Crippen LogP contribution in [0.15, 0.2) is 18.2 Å². The quantitative estimate of drug-likeness (QED) is 0.839. The zero-order chi connectivity index (χ0) is 12.3. The summed E-state index contributed by atoms with van der Waals surface area (Å²) in [7, 11) is 0. The topological polar surface area (TPSA) is 15.3 Å². The van der Waals surface area contributed by atoms with Crippen LogP contribution < -0.4 is 5.32 Å². The molecule has 0 aromatic heterocycles. The lowest BCUT2D eigenvalue weighted by molar-refractivity contribution is 0.249. The Morgan fingerprint density at radius 3 is 2.88 bits per heavy atom. The van der Waals surface area contributed by atoms with E-state index >= 15 is 0 Å². The van der Waals surface area contributed by atoms with Gasteiger partial charge in [-0.15, -0.1) is 0 Å². The lowest BCUT2D eigenvalue weighted by atomic mass is 10.1. The largest absolute Gasteiger partial charge is 0.384 e. The number of nitrogens with one attached hydrogen (secondary N) is 1. The highest BCUT2D eigenvalue weighted by Crippen LogP contribution is 2.27. The molecule has 0 atom stereocenters. The summed E-state index contributed by atoms with van der Waals surface area (Å²) in [5.41, 5.74) is 4.35. The first-order valence-electron chi connectivity index (χ1n) is 6.77. The van der Waals surface area contributed by atoms with E-state index in [4.69, 9.17) is 0 Å². The highest BCUT2D eigenvalue weighted by molar-refractivity contribution is 5.61. The Bertz CT molecular complexity index is 371. The molecular formula is C15H24N2. The zero-order valence-electron chi connectivity index (χ0n) is 11.3. The van der Waals surface area contributed by atoms with Gasteiger partial charge in [-0.05, 0) is 30.0 Å². The fourth-order valence-corrected chi connectivity index (χ4v) is 2.61. The van der Waals surface area contributed by atoms with E-state index in [-0.39, 0.29) is 0 Å². The molecule has 0 fully saturated rings. The normalized spacial score (nSPS) is 14.2. The predicted molar refractivity (Wildman–Crippen MR) is 74.4 cm³/mol. The van der Waals surface area contributed by atoms with Gasteiger partial charge in [-0.1, -0.05) is 39.0 Å². The second kappa shape index (κ2) is 5.54. The van der Waals surface area contributed by atoms with Crippen LogP contribution in [0.4, 0.5) is 5.69 Å². The van der Waals surface area contributed by atoms with E-state index in [9.17, 15) is 0 Å². The Hall–Kier alpha value is -1.02. The van der Waals surface area contributed by atoms with Crippen LogP contribution in [0.1, 0.15) is 31.9 Å². The minimum atomic E-state index is 0.736. The van der Waals surface area contributed by atoms with Gasteiger partial charge in [0.2, 0.25) is 0 Å². The molecule has 0 unspecified atom stereocenters. The second-order valence-electron chi connectivity index (χ2n) is 5.35. The van der Waals surface area contributed by atoms with Crippen LogP contribution in [0.25, 0.3) is 0 Å². The number of nitrogens with zero attached hydrogens (tertiary/aromatic N) is 1. The predicted octanol–water partition coefficient (Wildman–Crippen LogP) is 3.13. The molecule has 0 spiro atoms. The molecule has 0 saturated heterocycles. The summed E-state index contributed by atoms with van der Waals surface area (Å²) >= 11 is 0. The Morgan fingerprint density at radius 1 is 1.35 bits per heavy atom. The first-order valence-corrected chi connectivity index (χ1v) is 6.77. The number of hydrogen-bond donors (Lipinski definition) is 1. The first kappa shape index (κ1) is 12.4. The maximum atomic E-state index is 3.52. The van der Waals surface area contributed by atoms with E-state index < -0.39 is 0 Å². The van der Waals surface area contributed by atoms with E-state index in [2.05, 4.69) is 49.2 Å². The van der Waals surface area contributed by atoms with Crippen molar-refractivity contribution in [3.63, 3.8) is 0 Å². The Balaban J connectivity index is 2.10. The van der Waals surface area contributed by atoms with Gasteiger partial charge in [-0.25, -0.2) is 0 Å². The average molecular weight is 232 g/mol. The van der Waals surface area contributed by atoms with Gasteiger partial charge >= 0.3 is 0 Å². The van der Waals surface area contributed by atoms with Crippen LogP contribution in [0, 0.1) is 5.92 Å². The molecule has 2 heteroatoms. The number of hydrogen-bond acceptors (Lipinski definition) is 2. The smallest absolute Gasteiger partial charge is 0.0419 e. The summed E-state index contributed by atoms with van der Waals surface area (Å²) in [6, 6.07) is 6.71. The number of rotatable bonds is 5. The Morgan fingerprint density at radius 2 is 2.18 bits per heavy atom. The Kier molecular flexibility index (Phi) is 4.06.